The molecule has 1 aliphatic carbocycles. The Hall–Kier alpha value is -4.20. The normalized spacial score (nSPS) is 19.4. The average molecular weight is 664 g/mol. The molecule has 2 atom stereocenters. The van der Waals surface area contributed by atoms with Crippen LogP contribution >= 0.6 is 11.8 Å². The van der Waals surface area contributed by atoms with E-state index in [4.69, 9.17) is 29.3 Å². The summed E-state index contributed by atoms with van der Waals surface area (Å²) >= 11 is 1.37. The van der Waals surface area contributed by atoms with E-state index in [2.05, 4.69) is 9.88 Å². The highest BCUT2D eigenvalue weighted by atomic mass is 32.2. The fraction of sp³-hybridized carbons (Fsp3) is 0.545. The Labute approximate surface area is 278 Å². The number of thioether (sulfide) groups is 1. The minimum atomic E-state index is -1.13. The zero-order chi connectivity index (χ0) is 33.9. The van der Waals surface area contributed by atoms with Crippen LogP contribution < -0.4 is 14.5 Å². The topological polar surface area (TPSA) is 142 Å². The first-order valence-electron chi connectivity index (χ1n) is 15.9. The molecule has 1 spiro atoms. The number of fused-ring (bicyclic) bond motifs is 1. The smallest absolute Gasteiger partial charge is 0.425 e. The maximum atomic E-state index is 13.6. The van der Waals surface area contributed by atoms with Crippen LogP contribution in [0.25, 0.3) is 11.3 Å². The number of nitrogens with zero attached hydrogens (tertiary/aromatic N) is 7. The quantitative estimate of drug-likeness (QED) is 0.224. The number of aromatic nitrogens is 5. The summed E-state index contributed by atoms with van der Waals surface area (Å²) in [5.74, 6) is 1.07. The Morgan fingerprint density at radius 1 is 1.06 bits per heavy atom. The van der Waals surface area contributed by atoms with Crippen LogP contribution in [0.15, 0.2) is 29.7 Å². The number of ether oxygens (including phenoxy) is 3. The molecule has 6 rings (SSSR count). The van der Waals surface area contributed by atoms with Crippen LogP contribution in [-0.2, 0) is 26.4 Å². The van der Waals surface area contributed by atoms with Gasteiger partial charge in [0.15, 0.2) is 22.4 Å². The third-order valence-corrected chi connectivity index (χ3v) is 8.91. The van der Waals surface area contributed by atoms with Gasteiger partial charge >= 0.3 is 12.2 Å². The molecule has 47 heavy (non-hydrogen) atoms. The Balaban J connectivity index is 1.48. The van der Waals surface area contributed by atoms with Crippen molar-refractivity contribution in [1.82, 2.24) is 24.7 Å². The summed E-state index contributed by atoms with van der Waals surface area (Å²) in [7, 11) is 0. The predicted octanol–water partition coefficient (Wildman–Crippen LogP) is 6.45. The van der Waals surface area contributed by atoms with Crippen LogP contribution in [-0.4, -0.2) is 66.7 Å². The summed E-state index contributed by atoms with van der Waals surface area (Å²) in [6.07, 6.45) is 6.03. The van der Waals surface area contributed by atoms with Crippen LogP contribution in [0.1, 0.15) is 91.3 Å². The number of anilines is 2. The lowest BCUT2D eigenvalue weighted by molar-refractivity contribution is -0.139. The van der Waals surface area contributed by atoms with E-state index < -0.39 is 35.0 Å². The molecule has 0 radical (unpaired) electrons. The van der Waals surface area contributed by atoms with Crippen molar-refractivity contribution in [3.05, 3.63) is 35.7 Å². The van der Waals surface area contributed by atoms with Gasteiger partial charge < -0.3 is 19.1 Å². The van der Waals surface area contributed by atoms with Crippen molar-refractivity contribution in [2.24, 2.45) is 0 Å². The summed E-state index contributed by atoms with van der Waals surface area (Å²) in [5.41, 5.74) is -0.136. The van der Waals surface area contributed by atoms with E-state index in [1.807, 2.05) is 23.9 Å². The highest BCUT2D eigenvalue weighted by Gasteiger charge is 2.52. The van der Waals surface area contributed by atoms with E-state index in [0.29, 0.717) is 53.9 Å². The molecule has 5 heterocycles. The highest BCUT2D eigenvalue weighted by Crippen LogP contribution is 2.53. The number of carbonyl (C=O) groups excluding carboxylic acids is 3. The Kier molecular flexibility index (Phi) is 8.22. The zero-order valence-corrected chi connectivity index (χ0v) is 28.9. The Bertz CT molecular complexity index is 1720. The first kappa shape index (κ1) is 32.7. The van der Waals surface area contributed by atoms with Crippen molar-refractivity contribution in [3.8, 4) is 17.1 Å². The van der Waals surface area contributed by atoms with Gasteiger partial charge in [-0.15, -0.1) is 0 Å². The molecule has 14 heteroatoms. The van der Waals surface area contributed by atoms with Gasteiger partial charge in [-0.05, 0) is 80.1 Å². The van der Waals surface area contributed by atoms with Gasteiger partial charge in [0.1, 0.15) is 22.6 Å². The van der Waals surface area contributed by atoms with Crippen molar-refractivity contribution in [1.29, 1.82) is 0 Å². The fourth-order valence-electron chi connectivity index (χ4n) is 6.36. The van der Waals surface area contributed by atoms with E-state index in [1.54, 1.807) is 53.8 Å². The number of amides is 2. The largest absolute Gasteiger partial charge is 0.457 e. The number of carbonyl (C=O) groups is 3. The third kappa shape index (κ3) is 5.92. The molecule has 250 valence electrons. The van der Waals surface area contributed by atoms with Crippen LogP contribution in [0.5, 0.6) is 5.88 Å². The molecule has 3 aliphatic rings. The molecule has 2 aliphatic heterocycles. The number of imide groups is 1. The van der Waals surface area contributed by atoms with Gasteiger partial charge in [-0.3, -0.25) is 9.48 Å². The molecular weight excluding hydrogens is 622 g/mol. The van der Waals surface area contributed by atoms with Crippen LogP contribution in [0.4, 0.5) is 21.2 Å². The number of Topliss-reactive ketones (excluding diaryl/α,β-unsaturated/α-hetero) is 1. The lowest BCUT2D eigenvalue weighted by Gasteiger charge is -2.40. The summed E-state index contributed by atoms with van der Waals surface area (Å²) in [6.45, 7) is 13.3. The molecular formula is C33H41N7O6S. The van der Waals surface area contributed by atoms with Crippen LogP contribution in [0, 0.1) is 0 Å². The van der Waals surface area contributed by atoms with Crippen molar-refractivity contribution in [2.75, 3.05) is 22.6 Å². The molecule has 0 aromatic carbocycles. The van der Waals surface area contributed by atoms with Gasteiger partial charge in [-0.25, -0.2) is 19.6 Å². The average Bonchev–Trinajstić information content (AvgIpc) is 3.34. The minimum absolute atomic E-state index is 0.0370. The molecule has 3 aromatic heterocycles. The van der Waals surface area contributed by atoms with E-state index in [9.17, 15) is 14.4 Å². The first-order valence-corrected chi connectivity index (χ1v) is 17.1. The fourth-order valence-corrected chi connectivity index (χ4v) is 6.71. The SMILES string of the molecule is CSc1nc2c3c(n1)N(C(C)c1cccnc1N(C(=O)OC(C)(C)C)C(=O)OC(C)(C)C)CCn1ncc(c1-3)C1(CCCCC1=O)O2. The standard InChI is InChI=1S/C33H41N7O6S/c1-19(20-12-11-15-34-25(20)40(29(42)45-31(2,3)4)30(43)46-32(5,6)7)38-16-17-39-24-21(18-35-39)33(14-10-9-13-22(33)41)44-27-23(24)26(38)36-28(37-27)47-8/h11-12,15,18-19H,9-10,13-14,16-17H2,1-8H3. The molecule has 1 fully saturated rings. The van der Waals surface area contributed by atoms with Gasteiger partial charge in [-0.2, -0.15) is 15.0 Å². The number of rotatable bonds is 4. The van der Waals surface area contributed by atoms with Crippen molar-refractivity contribution < 1.29 is 28.6 Å². The summed E-state index contributed by atoms with van der Waals surface area (Å²) < 4.78 is 19.9. The lowest BCUT2D eigenvalue weighted by atomic mass is 9.76. The molecule has 0 saturated heterocycles. The Morgan fingerprint density at radius 3 is 2.40 bits per heavy atom. The molecule has 1 saturated carbocycles. The second-order valence-corrected chi connectivity index (χ2v) is 14.8. The maximum Gasteiger partial charge on any atom is 0.425 e. The van der Waals surface area contributed by atoms with Crippen molar-refractivity contribution in [3.63, 3.8) is 0 Å². The van der Waals surface area contributed by atoms with E-state index in [1.165, 1.54) is 18.0 Å². The number of hydrogen-bond acceptors (Lipinski definition) is 12. The van der Waals surface area contributed by atoms with E-state index in [-0.39, 0.29) is 11.6 Å². The second-order valence-electron chi connectivity index (χ2n) is 14.0. The third-order valence-electron chi connectivity index (χ3n) is 8.36. The molecule has 13 nitrogen and oxygen atoms in total. The van der Waals surface area contributed by atoms with Crippen molar-refractivity contribution >= 4 is 41.4 Å². The van der Waals surface area contributed by atoms with Crippen LogP contribution in [0.3, 0.4) is 0 Å². The van der Waals surface area contributed by atoms with Gasteiger partial charge in [0, 0.05) is 30.3 Å². The molecule has 2 amide bonds. The van der Waals surface area contributed by atoms with E-state index in [0.717, 1.165) is 29.0 Å². The number of ketones is 1. The monoisotopic (exact) mass is 663 g/mol. The minimum Gasteiger partial charge on any atom is -0.457 e. The summed E-state index contributed by atoms with van der Waals surface area (Å²) in [5, 5.41) is 5.21. The first-order chi connectivity index (χ1) is 22.1. The van der Waals surface area contributed by atoms with E-state index >= 15 is 0 Å². The molecule has 0 N–H and O–H groups in total. The van der Waals surface area contributed by atoms with Gasteiger partial charge in [0.2, 0.25) is 5.88 Å². The predicted molar refractivity (Wildman–Crippen MR) is 176 cm³/mol. The van der Waals surface area contributed by atoms with Crippen LogP contribution in [0.2, 0.25) is 0 Å². The number of hydrogen-bond donors (Lipinski definition) is 0. The van der Waals surface area contributed by atoms with Gasteiger partial charge in [-0.1, -0.05) is 17.8 Å². The molecule has 3 aromatic rings. The number of pyridine rings is 1. The Morgan fingerprint density at radius 2 is 1.77 bits per heavy atom. The summed E-state index contributed by atoms with van der Waals surface area (Å²) in [4.78, 5) is 58.0. The maximum absolute atomic E-state index is 13.6. The van der Waals surface area contributed by atoms with Gasteiger partial charge in [0.05, 0.1) is 24.5 Å². The zero-order valence-electron chi connectivity index (χ0n) is 28.1. The summed E-state index contributed by atoms with van der Waals surface area (Å²) in [6, 6.07) is 3.10. The second kappa shape index (κ2) is 11.8. The molecule has 2 unspecified atom stereocenters. The lowest BCUT2D eigenvalue weighted by Crippen LogP contribution is -2.46. The highest BCUT2D eigenvalue weighted by molar-refractivity contribution is 7.98. The van der Waals surface area contributed by atoms with Gasteiger partial charge in [0.25, 0.3) is 0 Å². The molecule has 0 bridgehead atoms. The van der Waals surface area contributed by atoms with Crippen molar-refractivity contribution in [2.45, 2.75) is 109 Å².